The Labute approximate surface area is 119 Å². The Morgan fingerprint density at radius 1 is 1.40 bits per heavy atom. The van der Waals surface area contributed by atoms with Crippen LogP contribution in [0.4, 0.5) is 4.39 Å². The smallest absolute Gasteiger partial charge is 0.169 e. The summed E-state index contributed by atoms with van der Waals surface area (Å²) < 4.78 is 30.7. The molecule has 4 nitrogen and oxygen atoms in total. The van der Waals surface area contributed by atoms with Crippen LogP contribution < -0.4 is 10.5 Å². The van der Waals surface area contributed by atoms with Gasteiger partial charge in [0.05, 0.1) is 18.8 Å². The topological polar surface area (TPSA) is 53.7 Å². The minimum Gasteiger partial charge on any atom is -0.494 e. The van der Waals surface area contributed by atoms with Crippen molar-refractivity contribution in [1.82, 2.24) is 0 Å². The van der Waals surface area contributed by atoms with Crippen molar-refractivity contribution in [2.75, 3.05) is 26.9 Å². The maximum absolute atomic E-state index is 14.4. The van der Waals surface area contributed by atoms with E-state index in [0.29, 0.717) is 38.2 Å². The van der Waals surface area contributed by atoms with Gasteiger partial charge >= 0.3 is 0 Å². The maximum atomic E-state index is 14.4. The van der Waals surface area contributed by atoms with Crippen LogP contribution in [0, 0.1) is 5.82 Å². The zero-order valence-corrected chi connectivity index (χ0v) is 12.0. The second kappa shape index (κ2) is 6.52. The lowest BCUT2D eigenvalue weighted by Crippen LogP contribution is -2.48. The predicted molar refractivity (Wildman–Crippen MR) is 74.3 cm³/mol. The zero-order chi connectivity index (χ0) is 14.6. The fourth-order valence-corrected chi connectivity index (χ4v) is 2.76. The average Bonchev–Trinajstić information content (AvgIpc) is 2.48. The van der Waals surface area contributed by atoms with Gasteiger partial charge in [-0.2, -0.15) is 0 Å². The lowest BCUT2D eigenvalue weighted by Gasteiger charge is -2.41. The summed E-state index contributed by atoms with van der Waals surface area (Å²) in [6.45, 7) is 3.63. The Bertz CT molecular complexity index is 441. The summed E-state index contributed by atoms with van der Waals surface area (Å²) in [4.78, 5) is 0. The largest absolute Gasteiger partial charge is 0.494 e. The number of methoxy groups -OCH3 is 1. The van der Waals surface area contributed by atoms with Crippen molar-refractivity contribution in [1.29, 1.82) is 0 Å². The molecule has 1 atom stereocenters. The molecule has 0 saturated carbocycles. The molecule has 0 radical (unpaired) electrons. The third-order valence-corrected chi connectivity index (χ3v) is 3.89. The van der Waals surface area contributed by atoms with Crippen LogP contribution in [-0.4, -0.2) is 32.5 Å². The van der Waals surface area contributed by atoms with Crippen LogP contribution >= 0.6 is 0 Å². The first-order chi connectivity index (χ1) is 9.64. The molecule has 0 aliphatic carbocycles. The van der Waals surface area contributed by atoms with Crippen LogP contribution in [0.2, 0.25) is 0 Å². The van der Waals surface area contributed by atoms with Gasteiger partial charge in [0.2, 0.25) is 0 Å². The fraction of sp³-hybridized carbons (Fsp3) is 0.600. The van der Waals surface area contributed by atoms with Gasteiger partial charge in [-0.05, 0) is 13.0 Å². The molecule has 0 bridgehead atoms. The first-order valence-electron chi connectivity index (χ1n) is 6.94. The van der Waals surface area contributed by atoms with Crippen molar-refractivity contribution < 1.29 is 18.6 Å². The number of benzene rings is 1. The lowest BCUT2D eigenvalue weighted by molar-refractivity contribution is -0.122. The molecule has 0 aromatic heterocycles. The van der Waals surface area contributed by atoms with Crippen molar-refractivity contribution in [2.45, 2.75) is 31.4 Å². The van der Waals surface area contributed by atoms with Crippen LogP contribution in [0.15, 0.2) is 18.2 Å². The minimum atomic E-state index is -0.569. The van der Waals surface area contributed by atoms with Gasteiger partial charge in [0, 0.05) is 38.2 Å². The van der Waals surface area contributed by atoms with Gasteiger partial charge in [-0.25, -0.2) is 4.39 Å². The summed E-state index contributed by atoms with van der Waals surface area (Å²) >= 11 is 0. The number of halogens is 1. The maximum Gasteiger partial charge on any atom is 0.169 e. The van der Waals surface area contributed by atoms with Gasteiger partial charge < -0.3 is 19.9 Å². The van der Waals surface area contributed by atoms with Crippen molar-refractivity contribution in [3.63, 3.8) is 0 Å². The molecular weight excluding hydrogens is 261 g/mol. The van der Waals surface area contributed by atoms with Gasteiger partial charge in [-0.3, -0.25) is 0 Å². The number of ether oxygens (including phenoxy) is 3. The highest BCUT2D eigenvalue weighted by atomic mass is 19.1. The molecule has 1 unspecified atom stereocenters. The lowest BCUT2D eigenvalue weighted by atomic mass is 9.82. The van der Waals surface area contributed by atoms with Crippen LogP contribution in [-0.2, 0) is 9.47 Å². The Morgan fingerprint density at radius 3 is 2.70 bits per heavy atom. The molecule has 1 saturated heterocycles. The molecule has 0 amide bonds. The van der Waals surface area contributed by atoms with Gasteiger partial charge in [-0.15, -0.1) is 0 Å². The van der Waals surface area contributed by atoms with E-state index in [-0.39, 0.29) is 5.75 Å². The number of hydrogen-bond donors (Lipinski definition) is 1. The first kappa shape index (κ1) is 15.2. The summed E-state index contributed by atoms with van der Waals surface area (Å²) in [5.41, 5.74) is 6.20. The molecule has 20 heavy (non-hydrogen) atoms. The highest BCUT2D eigenvalue weighted by Crippen LogP contribution is 2.38. The molecule has 1 aromatic carbocycles. The van der Waals surface area contributed by atoms with E-state index in [1.807, 2.05) is 6.92 Å². The molecule has 1 aromatic rings. The van der Waals surface area contributed by atoms with Crippen LogP contribution in [0.1, 0.15) is 31.4 Å². The molecule has 5 heteroatoms. The highest BCUT2D eigenvalue weighted by Gasteiger charge is 2.41. The van der Waals surface area contributed by atoms with Gasteiger partial charge in [0.15, 0.2) is 11.6 Å². The Kier molecular flexibility index (Phi) is 4.96. The van der Waals surface area contributed by atoms with Gasteiger partial charge in [-0.1, -0.05) is 12.1 Å². The third-order valence-electron chi connectivity index (χ3n) is 3.89. The molecule has 2 rings (SSSR count). The van der Waals surface area contributed by atoms with E-state index in [1.165, 1.54) is 7.11 Å². The van der Waals surface area contributed by atoms with Crippen LogP contribution in [0.25, 0.3) is 0 Å². The van der Waals surface area contributed by atoms with Crippen LogP contribution in [0.3, 0.4) is 0 Å². The number of hydrogen-bond acceptors (Lipinski definition) is 4. The van der Waals surface area contributed by atoms with Crippen LogP contribution in [0.5, 0.6) is 5.75 Å². The van der Waals surface area contributed by atoms with E-state index in [1.54, 1.807) is 18.2 Å². The molecule has 1 aliphatic rings. The molecule has 1 aliphatic heterocycles. The molecular formula is C15H22FNO3. The molecule has 112 valence electrons. The molecule has 1 heterocycles. The van der Waals surface area contributed by atoms with Gasteiger partial charge in [0.1, 0.15) is 0 Å². The van der Waals surface area contributed by atoms with Crippen molar-refractivity contribution >= 4 is 0 Å². The van der Waals surface area contributed by atoms with E-state index < -0.39 is 17.5 Å². The van der Waals surface area contributed by atoms with E-state index in [0.717, 1.165) is 0 Å². The summed E-state index contributed by atoms with van der Waals surface area (Å²) in [6.07, 6.45) is 1.33. The Morgan fingerprint density at radius 2 is 2.10 bits per heavy atom. The molecule has 1 fully saturated rings. The van der Waals surface area contributed by atoms with E-state index in [2.05, 4.69) is 0 Å². The number of rotatable bonds is 5. The fourth-order valence-electron chi connectivity index (χ4n) is 2.76. The zero-order valence-electron chi connectivity index (χ0n) is 12.0. The quantitative estimate of drug-likeness (QED) is 0.901. The minimum absolute atomic E-state index is 0.205. The average molecular weight is 283 g/mol. The van der Waals surface area contributed by atoms with E-state index in [9.17, 15) is 4.39 Å². The summed E-state index contributed by atoms with van der Waals surface area (Å²) in [7, 11) is 1.44. The normalized spacial score (nSPS) is 19.6. The SMILES string of the molecule is CCOC1(C(N)c2cccc(OC)c2F)CCOCC1. The first-order valence-corrected chi connectivity index (χ1v) is 6.94. The Hall–Kier alpha value is -1.17. The van der Waals surface area contributed by atoms with Crippen molar-refractivity contribution in [3.8, 4) is 5.75 Å². The molecule has 0 spiro atoms. The highest BCUT2D eigenvalue weighted by molar-refractivity contribution is 5.34. The van der Waals surface area contributed by atoms with E-state index in [4.69, 9.17) is 19.9 Å². The summed E-state index contributed by atoms with van der Waals surface area (Å²) in [6, 6.07) is 4.49. The predicted octanol–water partition coefficient (Wildman–Crippen LogP) is 2.42. The molecule has 2 N–H and O–H groups in total. The second-order valence-corrected chi connectivity index (χ2v) is 4.95. The summed E-state index contributed by atoms with van der Waals surface area (Å²) in [5, 5.41) is 0. The van der Waals surface area contributed by atoms with E-state index >= 15 is 0 Å². The number of nitrogens with two attached hydrogens (primary N) is 1. The van der Waals surface area contributed by atoms with Crippen molar-refractivity contribution in [2.24, 2.45) is 5.73 Å². The monoisotopic (exact) mass is 283 g/mol. The second-order valence-electron chi connectivity index (χ2n) is 4.95. The van der Waals surface area contributed by atoms with Gasteiger partial charge in [0.25, 0.3) is 0 Å². The third kappa shape index (κ3) is 2.80. The summed E-state index contributed by atoms with van der Waals surface area (Å²) in [5.74, 6) is -0.204. The Balaban J connectivity index is 2.34. The van der Waals surface area contributed by atoms with Crippen molar-refractivity contribution in [3.05, 3.63) is 29.6 Å². The standard InChI is InChI=1S/C15H22FNO3/c1-3-20-15(7-9-19-10-8-15)14(17)11-5-4-6-12(18-2)13(11)16/h4-6,14H,3,7-10,17H2,1-2H3.